The predicted molar refractivity (Wildman–Crippen MR) is 102 cm³/mol. The molecule has 0 atom stereocenters. The van der Waals surface area contributed by atoms with E-state index in [4.69, 9.17) is 11.6 Å². The minimum atomic E-state index is -0.244. The molecule has 0 saturated heterocycles. The fourth-order valence-electron chi connectivity index (χ4n) is 2.42. The van der Waals surface area contributed by atoms with Crippen molar-refractivity contribution in [2.45, 2.75) is 13.5 Å². The van der Waals surface area contributed by atoms with Crippen molar-refractivity contribution in [3.05, 3.63) is 88.7 Å². The first-order valence-corrected chi connectivity index (χ1v) is 8.31. The summed E-state index contributed by atoms with van der Waals surface area (Å²) in [5, 5.41) is 6.83. The van der Waals surface area contributed by atoms with Gasteiger partial charge in [0.25, 0.3) is 5.91 Å². The lowest BCUT2D eigenvalue weighted by molar-refractivity contribution is 0.102. The van der Waals surface area contributed by atoms with Gasteiger partial charge in [-0.2, -0.15) is 0 Å². The van der Waals surface area contributed by atoms with Gasteiger partial charge in [0.1, 0.15) is 5.69 Å². The van der Waals surface area contributed by atoms with Gasteiger partial charge in [-0.15, -0.1) is 0 Å². The smallest absolute Gasteiger partial charge is 0.274 e. The van der Waals surface area contributed by atoms with Crippen LogP contribution < -0.4 is 10.6 Å². The van der Waals surface area contributed by atoms with Crippen LogP contribution in [-0.4, -0.2) is 10.9 Å². The van der Waals surface area contributed by atoms with Crippen molar-refractivity contribution in [1.29, 1.82) is 0 Å². The lowest BCUT2D eigenvalue weighted by atomic mass is 10.2. The normalized spacial score (nSPS) is 10.3. The third-order valence-corrected chi connectivity index (χ3v) is 4.08. The van der Waals surface area contributed by atoms with Crippen LogP contribution in [0, 0.1) is 6.92 Å². The van der Waals surface area contributed by atoms with E-state index < -0.39 is 0 Å². The number of aryl methyl sites for hydroxylation is 1. The molecule has 1 heterocycles. The summed E-state index contributed by atoms with van der Waals surface area (Å²) in [6.45, 7) is 2.55. The van der Waals surface area contributed by atoms with Gasteiger partial charge >= 0.3 is 0 Å². The van der Waals surface area contributed by atoms with E-state index in [1.54, 1.807) is 12.3 Å². The quantitative estimate of drug-likeness (QED) is 0.686. The van der Waals surface area contributed by atoms with Crippen LogP contribution in [0.1, 0.15) is 21.6 Å². The summed E-state index contributed by atoms with van der Waals surface area (Å²) in [5.74, 6) is -0.244. The number of nitrogens with zero attached hydrogens (tertiary/aromatic N) is 1. The molecule has 0 unspecified atom stereocenters. The molecule has 2 N–H and O–H groups in total. The monoisotopic (exact) mass is 351 g/mol. The Labute approximate surface area is 151 Å². The zero-order valence-electron chi connectivity index (χ0n) is 13.8. The van der Waals surface area contributed by atoms with E-state index >= 15 is 0 Å². The average molecular weight is 352 g/mol. The number of aromatic nitrogens is 1. The second-order valence-corrected chi connectivity index (χ2v) is 6.11. The van der Waals surface area contributed by atoms with Crippen LogP contribution in [0.2, 0.25) is 5.02 Å². The minimum Gasteiger partial charge on any atom is -0.381 e. The number of halogens is 1. The number of amides is 1. The summed E-state index contributed by atoms with van der Waals surface area (Å²) in [4.78, 5) is 16.5. The van der Waals surface area contributed by atoms with E-state index in [2.05, 4.69) is 15.6 Å². The number of pyridine rings is 1. The fraction of sp³-hybridized carbons (Fsp3) is 0.100. The average Bonchev–Trinajstić information content (AvgIpc) is 2.61. The predicted octanol–water partition coefficient (Wildman–Crippen LogP) is 4.91. The Balaban J connectivity index is 1.68. The van der Waals surface area contributed by atoms with Crippen LogP contribution in [0.4, 0.5) is 11.4 Å². The Kier molecular flexibility index (Phi) is 5.31. The van der Waals surface area contributed by atoms with Crippen LogP contribution in [-0.2, 0) is 6.54 Å². The van der Waals surface area contributed by atoms with Gasteiger partial charge in [0.2, 0.25) is 0 Å². The number of anilines is 2. The lowest BCUT2D eigenvalue weighted by Crippen LogP contribution is -2.14. The molecule has 1 aromatic heterocycles. The maximum Gasteiger partial charge on any atom is 0.274 e. The van der Waals surface area contributed by atoms with E-state index in [9.17, 15) is 4.79 Å². The third kappa shape index (κ3) is 4.58. The van der Waals surface area contributed by atoms with E-state index in [1.165, 1.54) is 0 Å². The molecule has 0 aliphatic heterocycles. The number of hydrogen-bond donors (Lipinski definition) is 2. The van der Waals surface area contributed by atoms with Gasteiger partial charge < -0.3 is 10.6 Å². The zero-order valence-corrected chi connectivity index (χ0v) is 14.5. The summed E-state index contributed by atoms with van der Waals surface area (Å²) in [6, 6.07) is 18.8. The lowest BCUT2D eigenvalue weighted by Gasteiger charge is -2.10. The molecule has 0 spiro atoms. The molecule has 25 heavy (non-hydrogen) atoms. The largest absolute Gasteiger partial charge is 0.381 e. The third-order valence-electron chi connectivity index (χ3n) is 3.71. The minimum absolute atomic E-state index is 0.244. The molecule has 4 nitrogen and oxygen atoms in total. The highest BCUT2D eigenvalue weighted by Crippen LogP contribution is 2.18. The zero-order chi connectivity index (χ0) is 17.6. The first-order chi connectivity index (χ1) is 12.1. The number of hydrogen-bond acceptors (Lipinski definition) is 3. The van der Waals surface area contributed by atoms with Crippen molar-refractivity contribution < 1.29 is 4.79 Å². The van der Waals surface area contributed by atoms with Gasteiger partial charge in [-0.3, -0.25) is 9.78 Å². The highest BCUT2D eigenvalue weighted by Gasteiger charge is 2.09. The maximum atomic E-state index is 12.4. The molecule has 0 aliphatic carbocycles. The molecule has 3 aromatic rings. The fourth-order valence-corrected chi connectivity index (χ4v) is 2.62. The molecular weight excluding hydrogens is 334 g/mol. The highest BCUT2D eigenvalue weighted by atomic mass is 35.5. The van der Waals surface area contributed by atoms with Gasteiger partial charge in [-0.1, -0.05) is 41.9 Å². The molecule has 0 saturated carbocycles. The molecular formula is C20H18ClN3O. The summed E-state index contributed by atoms with van der Waals surface area (Å²) in [7, 11) is 0. The van der Waals surface area contributed by atoms with Gasteiger partial charge in [0.15, 0.2) is 0 Å². The van der Waals surface area contributed by atoms with Crippen LogP contribution >= 0.6 is 11.6 Å². The van der Waals surface area contributed by atoms with Crippen molar-refractivity contribution in [2.24, 2.45) is 0 Å². The summed E-state index contributed by atoms with van der Waals surface area (Å²) >= 11 is 6.16. The van der Waals surface area contributed by atoms with Crippen LogP contribution in [0.25, 0.3) is 0 Å². The molecule has 3 rings (SSSR count). The summed E-state index contributed by atoms with van der Waals surface area (Å²) < 4.78 is 0. The van der Waals surface area contributed by atoms with E-state index in [0.717, 1.165) is 22.5 Å². The number of carbonyl (C=O) groups is 1. The molecule has 5 heteroatoms. The Morgan fingerprint density at radius 1 is 1.04 bits per heavy atom. The van der Waals surface area contributed by atoms with Gasteiger partial charge in [-0.25, -0.2) is 0 Å². The van der Waals surface area contributed by atoms with E-state index in [-0.39, 0.29) is 5.91 Å². The van der Waals surface area contributed by atoms with E-state index in [0.29, 0.717) is 17.3 Å². The molecule has 0 aliphatic rings. The second kappa shape index (κ2) is 7.81. The van der Waals surface area contributed by atoms with Crippen LogP contribution in [0.3, 0.4) is 0 Å². The van der Waals surface area contributed by atoms with Crippen molar-refractivity contribution >= 4 is 28.9 Å². The topological polar surface area (TPSA) is 54.0 Å². The Hall–Kier alpha value is -2.85. The Morgan fingerprint density at radius 2 is 1.88 bits per heavy atom. The van der Waals surface area contributed by atoms with Crippen molar-refractivity contribution in [3.8, 4) is 0 Å². The molecule has 0 radical (unpaired) electrons. The number of rotatable bonds is 5. The second-order valence-electron chi connectivity index (χ2n) is 5.70. The van der Waals surface area contributed by atoms with Crippen LogP contribution in [0.15, 0.2) is 66.9 Å². The van der Waals surface area contributed by atoms with Gasteiger partial charge in [0.05, 0.1) is 0 Å². The summed E-state index contributed by atoms with van der Waals surface area (Å²) in [5.41, 5.74) is 3.99. The van der Waals surface area contributed by atoms with Gasteiger partial charge in [-0.05, 0) is 48.4 Å². The van der Waals surface area contributed by atoms with Crippen molar-refractivity contribution in [3.63, 3.8) is 0 Å². The molecule has 0 fully saturated rings. The van der Waals surface area contributed by atoms with Crippen LogP contribution in [0.5, 0.6) is 0 Å². The summed E-state index contributed by atoms with van der Waals surface area (Å²) in [6.07, 6.45) is 1.61. The van der Waals surface area contributed by atoms with E-state index in [1.807, 2.05) is 61.5 Å². The maximum absolute atomic E-state index is 12.4. The molecule has 1 amide bonds. The number of benzene rings is 2. The molecule has 126 valence electrons. The standard InChI is InChI=1S/C20H18ClN3O/c1-14-5-4-7-17(11-14)24-20(25)19-12-16(9-10-22-19)23-13-15-6-2-3-8-18(15)21/h2-12H,13H2,1H3,(H,22,23)(H,24,25). The van der Waals surface area contributed by atoms with Crippen molar-refractivity contribution in [1.82, 2.24) is 4.98 Å². The number of carbonyl (C=O) groups excluding carboxylic acids is 1. The Morgan fingerprint density at radius 3 is 2.68 bits per heavy atom. The van der Waals surface area contributed by atoms with Gasteiger partial charge in [0, 0.05) is 29.1 Å². The highest BCUT2D eigenvalue weighted by molar-refractivity contribution is 6.31. The first kappa shape index (κ1) is 17.0. The molecule has 2 aromatic carbocycles. The Bertz CT molecular complexity index is 895. The number of nitrogens with one attached hydrogen (secondary N) is 2. The molecule has 0 bridgehead atoms. The first-order valence-electron chi connectivity index (χ1n) is 7.93. The SMILES string of the molecule is Cc1cccc(NC(=O)c2cc(NCc3ccccc3Cl)ccn2)c1. The van der Waals surface area contributed by atoms with Crippen molar-refractivity contribution in [2.75, 3.05) is 10.6 Å².